The second-order valence-corrected chi connectivity index (χ2v) is 5.58. The van der Waals surface area contributed by atoms with Gasteiger partial charge in [-0.25, -0.2) is 0 Å². The molecule has 1 aromatic rings. The molecule has 1 aromatic carbocycles. The molecule has 1 unspecified atom stereocenters. The van der Waals surface area contributed by atoms with Gasteiger partial charge in [0.2, 0.25) is 5.91 Å². The average Bonchev–Trinajstić information content (AvgIpc) is 2.47. The summed E-state index contributed by atoms with van der Waals surface area (Å²) in [5, 5.41) is 1.02. The molecule has 6 heteroatoms. The number of halogens is 2. The molecule has 0 saturated carbocycles. The van der Waals surface area contributed by atoms with E-state index >= 15 is 0 Å². The Morgan fingerprint density at radius 2 is 2.20 bits per heavy atom. The quantitative estimate of drug-likeness (QED) is 0.929. The van der Waals surface area contributed by atoms with E-state index in [9.17, 15) is 4.79 Å². The van der Waals surface area contributed by atoms with Crippen molar-refractivity contribution in [1.82, 2.24) is 4.90 Å². The first-order valence-corrected chi connectivity index (χ1v) is 7.42. The number of hydrogen-bond acceptors (Lipinski definition) is 3. The smallest absolute Gasteiger partial charge is 0.222 e. The van der Waals surface area contributed by atoms with E-state index in [1.807, 2.05) is 11.0 Å². The summed E-state index contributed by atoms with van der Waals surface area (Å²) < 4.78 is 5.72. The number of nitrogens with two attached hydrogens (primary N) is 1. The summed E-state index contributed by atoms with van der Waals surface area (Å²) in [5.41, 5.74) is 6.37. The Bertz CT molecular complexity index is 482. The van der Waals surface area contributed by atoms with Gasteiger partial charge in [-0.1, -0.05) is 29.3 Å². The molecule has 0 aliphatic carbocycles. The molecule has 0 radical (unpaired) electrons. The lowest BCUT2D eigenvalue weighted by molar-refractivity contribution is -0.139. The molecule has 1 heterocycles. The molecule has 2 N–H and O–H groups in total. The van der Waals surface area contributed by atoms with Gasteiger partial charge >= 0.3 is 0 Å². The van der Waals surface area contributed by atoms with E-state index < -0.39 is 0 Å². The van der Waals surface area contributed by atoms with Crippen molar-refractivity contribution in [2.75, 3.05) is 26.2 Å². The fraction of sp³-hybridized carbons (Fsp3) is 0.500. The predicted molar refractivity (Wildman–Crippen MR) is 80.0 cm³/mol. The number of carbonyl (C=O) groups is 1. The zero-order valence-corrected chi connectivity index (χ0v) is 12.7. The van der Waals surface area contributed by atoms with Gasteiger partial charge in [0, 0.05) is 13.0 Å². The van der Waals surface area contributed by atoms with Gasteiger partial charge in [-0.2, -0.15) is 0 Å². The molecular formula is C14H18Cl2N2O2. The highest BCUT2D eigenvalue weighted by Gasteiger charge is 2.25. The first-order chi connectivity index (χ1) is 9.61. The summed E-state index contributed by atoms with van der Waals surface area (Å²) in [6.07, 6.45) is 1.05. The first-order valence-electron chi connectivity index (χ1n) is 6.66. The summed E-state index contributed by atoms with van der Waals surface area (Å²) >= 11 is 11.9. The van der Waals surface area contributed by atoms with Gasteiger partial charge < -0.3 is 15.4 Å². The lowest BCUT2D eigenvalue weighted by atomic mass is 10.1. The van der Waals surface area contributed by atoms with Gasteiger partial charge in [0.15, 0.2) is 0 Å². The second kappa shape index (κ2) is 7.27. The summed E-state index contributed by atoms with van der Waals surface area (Å²) in [7, 11) is 0. The Kier molecular flexibility index (Phi) is 5.66. The van der Waals surface area contributed by atoms with E-state index in [1.54, 1.807) is 12.1 Å². The van der Waals surface area contributed by atoms with E-state index in [1.165, 1.54) is 0 Å². The molecule has 4 nitrogen and oxygen atoms in total. The lowest BCUT2D eigenvalue weighted by Crippen LogP contribution is -2.42. The van der Waals surface area contributed by atoms with Crippen molar-refractivity contribution in [3.63, 3.8) is 0 Å². The van der Waals surface area contributed by atoms with Crippen molar-refractivity contribution in [3.8, 4) is 0 Å². The third kappa shape index (κ3) is 3.85. The SMILES string of the molecule is NCCCC(=O)N1CCOC(c2ccc(Cl)c(Cl)c2)C1. The Balaban J connectivity index is 2.02. The minimum atomic E-state index is -0.152. The topological polar surface area (TPSA) is 55.6 Å². The maximum atomic E-state index is 12.0. The highest BCUT2D eigenvalue weighted by atomic mass is 35.5. The summed E-state index contributed by atoms with van der Waals surface area (Å²) in [6, 6.07) is 5.42. The molecule has 1 aliphatic heterocycles. The van der Waals surface area contributed by atoms with E-state index in [2.05, 4.69) is 0 Å². The molecule has 110 valence electrons. The zero-order chi connectivity index (χ0) is 14.5. The van der Waals surface area contributed by atoms with Crippen LogP contribution in [0.3, 0.4) is 0 Å². The van der Waals surface area contributed by atoms with Gasteiger partial charge in [0.05, 0.1) is 23.2 Å². The molecule has 1 fully saturated rings. The predicted octanol–water partition coefficient (Wildman–Crippen LogP) is 2.63. The lowest BCUT2D eigenvalue weighted by Gasteiger charge is -2.33. The molecule has 0 bridgehead atoms. The maximum Gasteiger partial charge on any atom is 0.222 e. The highest BCUT2D eigenvalue weighted by Crippen LogP contribution is 2.29. The van der Waals surface area contributed by atoms with Crippen LogP contribution in [0, 0.1) is 0 Å². The normalized spacial score (nSPS) is 19.1. The third-order valence-corrected chi connectivity index (χ3v) is 4.07. The van der Waals surface area contributed by atoms with Crippen molar-refractivity contribution in [2.24, 2.45) is 5.73 Å². The summed E-state index contributed by atoms with van der Waals surface area (Å²) in [6.45, 7) is 2.23. The number of nitrogens with zero attached hydrogens (tertiary/aromatic N) is 1. The Morgan fingerprint density at radius 1 is 1.40 bits per heavy atom. The number of carbonyl (C=O) groups excluding carboxylic acids is 1. The molecule has 1 saturated heterocycles. The van der Waals surface area contributed by atoms with Crippen LogP contribution in [0.5, 0.6) is 0 Å². The molecule has 1 atom stereocenters. The molecule has 1 amide bonds. The minimum absolute atomic E-state index is 0.129. The molecular weight excluding hydrogens is 299 g/mol. The Labute approximate surface area is 128 Å². The number of hydrogen-bond donors (Lipinski definition) is 1. The number of rotatable bonds is 4. The number of morpholine rings is 1. The van der Waals surface area contributed by atoms with Crippen LogP contribution in [-0.2, 0) is 9.53 Å². The highest BCUT2D eigenvalue weighted by molar-refractivity contribution is 6.42. The van der Waals surface area contributed by atoms with Crippen LogP contribution in [-0.4, -0.2) is 37.0 Å². The van der Waals surface area contributed by atoms with Crippen molar-refractivity contribution in [2.45, 2.75) is 18.9 Å². The fourth-order valence-corrected chi connectivity index (χ4v) is 2.51. The van der Waals surface area contributed by atoms with Gasteiger partial charge in [-0.3, -0.25) is 4.79 Å². The van der Waals surface area contributed by atoms with E-state index in [-0.39, 0.29) is 12.0 Å². The molecule has 0 spiro atoms. The third-order valence-electron chi connectivity index (χ3n) is 3.33. The van der Waals surface area contributed by atoms with Gasteiger partial charge in [0.1, 0.15) is 6.10 Å². The largest absolute Gasteiger partial charge is 0.370 e. The van der Waals surface area contributed by atoms with Gasteiger partial charge in [-0.05, 0) is 30.7 Å². The second-order valence-electron chi connectivity index (χ2n) is 4.76. The molecule has 0 aromatic heterocycles. The first kappa shape index (κ1) is 15.6. The molecule has 20 heavy (non-hydrogen) atoms. The van der Waals surface area contributed by atoms with E-state index in [0.29, 0.717) is 49.1 Å². The summed E-state index contributed by atoms with van der Waals surface area (Å²) in [5.74, 6) is 0.129. The zero-order valence-electron chi connectivity index (χ0n) is 11.1. The number of benzene rings is 1. The standard InChI is InChI=1S/C14H18Cl2N2O2/c15-11-4-3-10(8-12(11)16)13-9-18(6-7-20-13)14(19)2-1-5-17/h3-4,8,13H,1-2,5-7,9,17H2. The van der Waals surface area contributed by atoms with E-state index in [4.69, 9.17) is 33.7 Å². The van der Waals surface area contributed by atoms with Crippen LogP contribution in [0.4, 0.5) is 0 Å². The van der Waals surface area contributed by atoms with Crippen molar-refractivity contribution < 1.29 is 9.53 Å². The monoisotopic (exact) mass is 316 g/mol. The van der Waals surface area contributed by atoms with Crippen molar-refractivity contribution in [3.05, 3.63) is 33.8 Å². The van der Waals surface area contributed by atoms with Crippen LogP contribution in [0.1, 0.15) is 24.5 Å². The van der Waals surface area contributed by atoms with Crippen molar-refractivity contribution >= 4 is 29.1 Å². The maximum absolute atomic E-state index is 12.0. The average molecular weight is 317 g/mol. The van der Waals surface area contributed by atoms with Crippen LogP contribution >= 0.6 is 23.2 Å². The van der Waals surface area contributed by atoms with Crippen molar-refractivity contribution in [1.29, 1.82) is 0 Å². The minimum Gasteiger partial charge on any atom is -0.370 e. The van der Waals surface area contributed by atoms with Gasteiger partial charge in [-0.15, -0.1) is 0 Å². The van der Waals surface area contributed by atoms with Gasteiger partial charge in [0.25, 0.3) is 0 Å². The Morgan fingerprint density at radius 3 is 2.90 bits per heavy atom. The van der Waals surface area contributed by atoms with Crippen LogP contribution in [0.15, 0.2) is 18.2 Å². The molecule has 1 aliphatic rings. The number of ether oxygens (including phenoxy) is 1. The fourth-order valence-electron chi connectivity index (χ4n) is 2.20. The summed E-state index contributed by atoms with van der Waals surface area (Å²) in [4.78, 5) is 13.8. The van der Waals surface area contributed by atoms with Crippen LogP contribution < -0.4 is 5.73 Å². The number of amides is 1. The Hall–Kier alpha value is -0.810. The molecule has 2 rings (SSSR count). The van der Waals surface area contributed by atoms with Crippen LogP contribution in [0.2, 0.25) is 10.0 Å². The van der Waals surface area contributed by atoms with E-state index in [0.717, 1.165) is 5.56 Å². The van der Waals surface area contributed by atoms with Crippen LogP contribution in [0.25, 0.3) is 0 Å².